The zero-order valence-electron chi connectivity index (χ0n) is 12.0. The first-order valence-electron chi connectivity index (χ1n) is 6.79. The largest absolute Gasteiger partial charge is 0.507 e. The number of likely N-dealkylation sites (N-methyl/N-ethyl adjacent to an activating group) is 1. The summed E-state index contributed by atoms with van der Waals surface area (Å²) in [6, 6.07) is 0. The number of hydrogen-bond acceptors (Lipinski definition) is 2. The van der Waals surface area contributed by atoms with E-state index in [1.807, 2.05) is 20.2 Å². The van der Waals surface area contributed by atoms with Gasteiger partial charge in [-0.3, -0.25) is 4.79 Å². The molecule has 0 aromatic carbocycles. The second-order valence-corrected chi connectivity index (χ2v) is 5.51. The van der Waals surface area contributed by atoms with E-state index in [2.05, 4.69) is 6.92 Å². The van der Waals surface area contributed by atoms with Crippen LogP contribution in [-0.2, 0) is 4.79 Å². The number of carboxylic acids is 1. The molecule has 2 N–H and O–H groups in total. The number of unbranched alkanes of at least 4 members (excludes halogenated alkanes) is 3. The molecular weight excluding hydrogens is 230 g/mol. The molecule has 0 atom stereocenters. The van der Waals surface area contributed by atoms with Crippen LogP contribution < -0.4 is 0 Å². The van der Waals surface area contributed by atoms with Crippen LogP contribution in [0.3, 0.4) is 0 Å². The summed E-state index contributed by atoms with van der Waals surface area (Å²) in [5.41, 5.74) is 0. The van der Waals surface area contributed by atoms with Crippen LogP contribution >= 0.6 is 0 Å². The number of carbonyl (C=O) groups is 1. The molecule has 0 aliphatic carbocycles. The predicted octanol–water partition coefficient (Wildman–Crippen LogP) is 2.95. The molecule has 0 fully saturated rings. The van der Waals surface area contributed by atoms with E-state index >= 15 is 0 Å². The van der Waals surface area contributed by atoms with Gasteiger partial charge in [0, 0.05) is 6.42 Å². The third-order valence-electron chi connectivity index (χ3n) is 2.93. The fraction of sp³-hybridized carbons (Fsp3) is 0.786. The van der Waals surface area contributed by atoms with Gasteiger partial charge in [0.25, 0.3) is 0 Å². The lowest BCUT2D eigenvalue weighted by atomic mass is 10.2. The van der Waals surface area contributed by atoms with Crippen LogP contribution in [0.1, 0.15) is 45.4 Å². The Morgan fingerprint density at radius 3 is 2.39 bits per heavy atom. The highest BCUT2D eigenvalue weighted by atomic mass is 16.4. The number of quaternary nitrogens is 1. The van der Waals surface area contributed by atoms with E-state index in [1.54, 1.807) is 0 Å². The summed E-state index contributed by atoms with van der Waals surface area (Å²) in [6.45, 7) is 3.50. The van der Waals surface area contributed by atoms with Gasteiger partial charge in [0.2, 0.25) is 0 Å². The number of hydrogen-bond donors (Lipinski definition) is 2. The molecule has 0 aliphatic heterocycles. The van der Waals surface area contributed by atoms with E-state index in [0.717, 1.165) is 19.4 Å². The molecule has 18 heavy (non-hydrogen) atoms. The lowest BCUT2D eigenvalue weighted by molar-refractivity contribution is -0.887. The Hall–Kier alpha value is -1.03. The Morgan fingerprint density at radius 1 is 1.17 bits per heavy atom. The van der Waals surface area contributed by atoms with E-state index in [0.29, 0.717) is 23.2 Å². The van der Waals surface area contributed by atoms with Crippen molar-refractivity contribution in [1.82, 2.24) is 0 Å². The quantitative estimate of drug-likeness (QED) is 0.360. The first-order chi connectivity index (χ1) is 8.37. The van der Waals surface area contributed by atoms with Crippen LogP contribution in [0.4, 0.5) is 0 Å². The van der Waals surface area contributed by atoms with E-state index in [-0.39, 0.29) is 6.42 Å². The summed E-state index contributed by atoms with van der Waals surface area (Å²) in [5.74, 6) is -0.333. The molecule has 0 aromatic rings. The fourth-order valence-corrected chi connectivity index (χ4v) is 1.90. The van der Waals surface area contributed by atoms with Gasteiger partial charge in [0.05, 0.1) is 27.1 Å². The monoisotopic (exact) mass is 258 g/mol. The lowest BCUT2D eigenvalue weighted by Crippen LogP contribution is -2.42. The van der Waals surface area contributed by atoms with E-state index in [9.17, 15) is 9.90 Å². The highest BCUT2D eigenvalue weighted by Gasteiger charge is 2.17. The van der Waals surface area contributed by atoms with Crippen LogP contribution in [0.2, 0.25) is 0 Å². The summed E-state index contributed by atoms with van der Waals surface area (Å²) < 4.78 is 0.628. The van der Waals surface area contributed by atoms with Crippen molar-refractivity contribution in [2.75, 3.05) is 27.2 Å². The van der Waals surface area contributed by atoms with Crippen LogP contribution in [0.25, 0.3) is 0 Å². The summed E-state index contributed by atoms with van der Waals surface area (Å²) >= 11 is 0. The van der Waals surface area contributed by atoms with Gasteiger partial charge in [-0.2, -0.15) is 0 Å². The van der Waals surface area contributed by atoms with Crippen LogP contribution in [0.15, 0.2) is 11.8 Å². The first kappa shape index (κ1) is 17.0. The van der Waals surface area contributed by atoms with Crippen LogP contribution in [0, 0.1) is 0 Å². The number of aliphatic hydroxyl groups excluding tert-OH is 1. The summed E-state index contributed by atoms with van der Waals surface area (Å²) in [4.78, 5) is 10.4. The Balaban J connectivity index is 3.93. The van der Waals surface area contributed by atoms with E-state index in [1.165, 1.54) is 12.8 Å². The second-order valence-electron chi connectivity index (χ2n) is 5.51. The topological polar surface area (TPSA) is 57.5 Å². The van der Waals surface area contributed by atoms with Crippen molar-refractivity contribution in [2.45, 2.75) is 45.4 Å². The molecule has 0 heterocycles. The molecule has 0 saturated carbocycles. The Labute approximate surface area is 111 Å². The molecule has 0 aliphatic rings. The highest BCUT2D eigenvalue weighted by Crippen LogP contribution is 2.08. The first-order valence-corrected chi connectivity index (χ1v) is 6.79. The average Bonchev–Trinajstić information content (AvgIpc) is 2.22. The van der Waals surface area contributed by atoms with Gasteiger partial charge >= 0.3 is 5.97 Å². The number of nitrogens with zero attached hydrogens (tertiary/aromatic N) is 1. The van der Waals surface area contributed by atoms with Gasteiger partial charge < -0.3 is 14.7 Å². The SMILES string of the molecule is CCCCC/C=C(\O)C[N+](C)(C)CCCC(=O)O. The molecular formula is C14H28NO3+. The summed E-state index contributed by atoms with van der Waals surface area (Å²) in [5, 5.41) is 18.4. The summed E-state index contributed by atoms with van der Waals surface area (Å²) in [6.07, 6.45) is 7.16. The molecule has 0 unspecified atom stereocenters. The van der Waals surface area contributed by atoms with Gasteiger partial charge in [-0.1, -0.05) is 19.8 Å². The maximum atomic E-state index is 10.4. The number of aliphatic hydroxyl groups is 1. The van der Waals surface area contributed by atoms with Crippen molar-refractivity contribution in [3.8, 4) is 0 Å². The predicted molar refractivity (Wildman–Crippen MR) is 73.6 cm³/mol. The molecule has 0 rings (SSSR count). The standard InChI is InChI=1S/C14H27NO3/c1-4-5-6-7-9-13(16)12-15(2,3)11-8-10-14(17)18/h9H,4-8,10-12H2,1-3H3,(H-,16,17,18)/p+1/b13-9-. The van der Waals surface area contributed by atoms with Crippen molar-refractivity contribution < 1.29 is 19.5 Å². The minimum Gasteiger partial charge on any atom is -0.507 e. The lowest BCUT2D eigenvalue weighted by Gasteiger charge is -2.29. The minimum absolute atomic E-state index is 0.197. The van der Waals surface area contributed by atoms with Gasteiger partial charge in [0.15, 0.2) is 0 Å². The molecule has 0 aromatic heterocycles. The van der Waals surface area contributed by atoms with Crippen molar-refractivity contribution >= 4 is 5.97 Å². The molecule has 4 nitrogen and oxygen atoms in total. The number of carboxylic acid groups (broad SMARTS) is 1. The van der Waals surface area contributed by atoms with Crippen molar-refractivity contribution in [3.05, 3.63) is 11.8 Å². The number of rotatable bonds is 10. The van der Waals surface area contributed by atoms with Gasteiger partial charge in [0.1, 0.15) is 12.3 Å². The molecule has 0 radical (unpaired) electrons. The minimum atomic E-state index is -0.755. The van der Waals surface area contributed by atoms with Gasteiger partial charge in [-0.25, -0.2) is 0 Å². The Bertz CT molecular complexity index is 272. The molecule has 0 bridgehead atoms. The van der Waals surface area contributed by atoms with Crippen molar-refractivity contribution in [2.24, 2.45) is 0 Å². The van der Waals surface area contributed by atoms with E-state index < -0.39 is 5.97 Å². The fourth-order valence-electron chi connectivity index (χ4n) is 1.90. The third kappa shape index (κ3) is 10.1. The number of allylic oxidation sites excluding steroid dienone is 1. The third-order valence-corrected chi connectivity index (χ3v) is 2.93. The van der Waals surface area contributed by atoms with E-state index in [4.69, 9.17) is 5.11 Å². The molecule has 0 spiro atoms. The molecule has 0 saturated heterocycles. The van der Waals surface area contributed by atoms with Crippen molar-refractivity contribution in [3.63, 3.8) is 0 Å². The highest BCUT2D eigenvalue weighted by molar-refractivity contribution is 5.66. The maximum Gasteiger partial charge on any atom is 0.303 e. The summed E-state index contributed by atoms with van der Waals surface area (Å²) in [7, 11) is 4.02. The Kier molecular flexibility index (Phi) is 8.46. The smallest absolute Gasteiger partial charge is 0.303 e. The molecule has 106 valence electrons. The van der Waals surface area contributed by atoms with Gasteiger partial charge in [-0.15, -0.1) is 0 Å². The van der Waals surface area contributed by atoms with Crippen LogP contribution in [0.5, 0.6) is 0 Å². The maximum absolute atomic E-state index is 10.4. The average molecular weight is 258 g/mol. The van der Waals surface area contributed by atoms with Crippen molar-refractivity contribution in [1.29, 1.82) is 0 Å². The van der Waals surface area contributed by atoms with Crippen LogP contribution in [-0.4, -0.2) is 47.9 Å². The Morgan fingerprint density at radius 2 is 1.83 bits per heavy atom. The zero-order valence-corrected chi connectivity index (χ0v) is 12.0. The van der Waals surface area contributed by atoms with Gasteiger partial charge in [-0.05, 0) is 18.9 Å². The zero-order chi connectivity index (χ0) is 14.0. The molecule has 4 heteroatoms. The number of aliphatic carboxylic acids is 1. The molecule has 0 amide bonds. The second kappa shape index (κ2) is 8.97. The normalized spacial score (nSPS) is 12.7.